The molecule has 0 bridgehead atoms. The minimum Gasteiger partial charge on any atom is -0.495 e. The summed E-state index contributed by atoms with van der Waals surface area (Å²) in [7, 11) is 3.20. The number of benzene rings is 3. The number of rotatable bonds is 14. The highest BCUT2D eigenvalue weighted by atomic mass is 35.5. The van der Waals surface area contributed by atoms with E-state index in [1.54, 1.807) is 54.4 Å². The minimum absolute atomic E-state index is 0. The van der Waals surface area contributed by atoms with E-state index in [1.807, 2.05) is 24.3 Å². The third-order valence-electron chi connectivity index (χ3n) is 5.84. The molecule has 0 heterocycles. The summed E-state index contributed by atoms with van der Waals surface area (Å²) in [6.07, 6.45) is 1.45. The van der Waals surface area contributed by atoms with Gasteiger partial charge in [-0.25, -0.2) is 0 Å². The van der Waals surface area contributed by atoms with Crippen molar-refractivity contribution in [3.05, 3.63) is 83.4 Å². The van der Waals surface area contributed by atoms with Crippen LogP contribution in [0, 0.1) is 0 Å². The summed E-state index contributed by atoms with van der Waals surface area (Å²) >= 11 is 0. The first-order valence-electron chi connectivity index (χ1n) is 12.5. The zero-order chi connectivity index (χ0) is 27.3. The number of halogens is 2. The van der Waals surface area contributed by atoms with Gasteiger partial charge in [0.25, 0.3) is 11.8 Å². The van der Waals surface area contributed by atoms with Crippen LogP contribution in [0.4, 0.5) is 11.4 Å². The van der Waals surface area contributed by atoms with Crippen molar-refractivity contribution in [2.24, 2.45) is 11.5 Å². The van der Waals surface area contributed by atoms with Crippen LogP contribution in [0.2, 0.25) is 0 Å². The normalized spacial score (nSPS) is 10.1. The zero-order valence-corrected chi connectivity index (χ0v) is 24.4. The Bertz CT molecular complexity index is 1230. The maximum absolute atomic E-state index is 13.4. The quantitative estimate of drug-likeness (QED) is 0.232. The van der Waals surface area contributed by atoms with Crippen molar-refractivity contribution in [2.45, 2.75) is 19.4 Å². The number of anilines is 2. The fraction of sp³-hybridized carbons (Fsp3) is 0.310. The molecule has 5 N–H and O–H groups in total. The van der Waals surface area contributed by atoms with Gasteiger partial charge >= 0.3 is 0 Å². The number of hydrogen-bond acceptors (Lipinski definition) is 7. The number of ether oxygens (including phenoxy) is 3. The molecule has 0 saturated heterocycles. The molecule has 218 valence electrons. The largest absolute Gasteiger partial charge is 0.495 e. The first-order valence-corrected chi connectivity index (χ1v) is 12.5. The molecule has 0 radical (unpaired) electrons. The van der Waals surface area contributed by atoms with Gasteiger partial charge in [-0.15, -0.1) is 24.8 Å². The topological polar surface area (TPSA) is 129 Å². The van der Waals surface area contributed by atoms with Gasteiger partial charge in [0.15, 0.2) is 0 Å². The third-order valence-corrected chi connectivity index (χ3v) is 5.84. The van der Waals surface area contributed by atoms with Crippen LogP contribution in [0.5, 0.6) is 11.5 Å². The van der Waals surface area contributed by atoms with E-state index in [-0.39, 0.29) is 36.6 Å². The van der Waals surface area contributed by atoms with Crippen molar-refractivity contribution < 1.29 is 23.8 Å². The SMILES string of the molecule is COc1cc(C(=O)N(C)c2ccccc2COCCCN)ccc1NC(=O)c1ccccc1OCCCN.Cl.Cl. The number of para-hydroxylation sites is 2. The van der Waals surface area contributed by atoms with Gasteiger partial charge in [-0.3, -0.25) is 9.59 Å². The van der Waals surface area contributed by atoms with Crippen LogP contribution in [0.25, 0.3) is 0 Å². The first kappa shape index (κ1) is 34.7. The maximum atomic E-state index is 13.4. The molecular formula is C29H38Cl2N4O5. The molecule has 0 fully saturated rings. The van der Waals surface area contributed by atoms with Crippen molar-refractivity contribution in [1.82, 2.24) is 0 Å². The third kappa shape index (κ3) is 9.39. The smallest absolute Gasteiger partial charge is 0.259 e. The molecule has 0 unspecified atom stereocenters. The van der Waals surface area contributed by atoms with Gasteiger partial charge in [-0.1, -0.05) is 30.3 Å². The average Bonchev–Trinajstić information content (AvgIpc) is 2.95. The summed E-state index contributed by atoms with van der Waals surface area (Å²) < 4.78 is 16.9. The Hall–Kier alpha value is -3.34. The van der Waals surface area contributed by atoms with Crippen molar-refractivity contribution in [2.75, 3.05) is 50.7 Å². The average molecular weight is 594 g/mol. The summed E-state index contributed by atoms with van der Waals surface area (Å²) in [5.74, 6) is 0.245. The van der Waals surface area contributed by atoms with E-state index >= 15 is 0 Å². The first-order chi connectivity index (χ1) is 18.5. The molecule has 3 rings (SSSR count). The van der Waals surface area contributed by atoms with Crippen molar-refractivity contribution in [3.63, 3.8) is 0 Å². The molecule has 0 aliphatic heterocycles. The number of nitrogens with two attached hydrogens (primary N) is 2. The lowest BCUT2D eigenvalue weighted by molar-refractivity contribution is 0.0989. The fourth-order valence-electron chi connectivity index (χ4n) is 3.79. The van der Waals surface area contributed by atoms with Crippen LogP contribution in [0.3, 0.4) is 0 Å². The van der Waals surface area contributed by atoms with Crippen LogP contribution >= 0.6 is 24.8 Å². The molecule has 0 aliphatic carbocycles. The van der Waals surface area contributed by atoms with Crippen LogP contribution in [0.15, 0.2) is 66.7 Å². The molecule has 0 atom stereocenters. The summed E-state index contributed by atoms with van der Waals surface area (Å²) in [5, 5.41) is 2.86. The lowest BCUT2D eigenvalue weighted by Gasteiger charge is -2.21. The van der Waals surface area contributed by atoms with E-state index in [2.05, 4.69) is 5.32 Å². The number of nitrogens with one attached hydrogen (secondary N) is 1. The maximum Gasteiger partial charge on any atom is 0.259 e. The number of nitrogens with zero attached hydrogens (tertiary/aromatic N) is 1. The summed E-state index contributed by atoms with van der Waals surface area (Å²) in [6.45, 7) is 2.40. The van der Waals surface area contributed by atoms with Crippen molar-refractivity contribution >= 4 is 48.0 Å². The molecule has 3 aromatic carbocycles. The van der Waals surface area contributed by atoms with E-state index in [0.29, 0.717) is 67.6 Å². The molecular weight excluding hydrogens is 555 g/mol. The van der Waals surface area contributed by atoms with Gasteiger partial charge in [-0.05, 0) is 62.3 Å². The van der Waals surface area contributed by atoms with E-state index in [1.165, 1.54) is 7.11 Å². The number of hydrogen-bond donors (Lipinski definition) is 3. The lowest BCUT2D eigenvalue weighted by atomic mass is 10.1. The fourth-order valence-corrected chi connectivity index (χ4v) is 3.79. The van der Waals surface area contributed by atoms with E-state index in [0.717, 1.165) is 17.7 Å². The Balaban J connectivity index is 0.00000400. The van der Waals surface area contributed by atoms with Gasteiger partial charge in [0.2, 0.25) is 0 Å². The number of carbonyl (C=O) groups is 2. The standard InChI is InChI=1S/C29H36N4O5.2ClH/c1-33(25-11-5-3-9-22(25)20-37-17-7-15-30)29(35)21-13-14-24(27(19-21)36-2)32-28(34)23-10-4-6-12-26(23)38-18-8-16-31;;/h3-6,9-14,19H,7-8,15-18,20,30-31H2,1-2H3,(H,32,34);2*1H. The second-order valence-electron chi connectivity index (χ2n) is 8.54. The van der Waals surface area contributed by atoms with Crippen LogP contribution in [-0.2, 0) is 11.3 Å². The van der Waals surface area contributed by atoms with E-state index in [4.69, 9.17) is 25.7 Å². The van der Waals surface area contributed by atoms with Gasteiger partial charge in [0, 0.05) is 30.5 Å². The van der Waals surface area contributed by atoms with Gasteiger partial charge < -0.3 is 35.9 Å². The Kier molecular flexibility index (Phi) is 15.7. The molecule has 0 saturated carbocycles. The van der Waals surface area contributed by atoms with Gasteiger partial charge in [-0.2, -0.15) is 0 Å². The number of methoxy groups -OCH3 is 1. The summed E-state index contributed by atoms with van der Waals surface area (Å²) in [5.41, 5.74) is 13.9. The highest BCUT2D eigenvalue weighted by molar-refractivity contribution is 6.09. The highest BCUT2D eigenvalue weighted by Crippen LogP contribution is 2.29. The van der Waals surface area contributed by atoms with Crippen LogP contribution < -0.4 is 31.2 Å². The molecule has 40 heavy (non-hydrogen) atoms. The van der Waals surface area contributed by atoms with Gasteiger partial charge in [0.1, 0.15) is 11.5 Å². The van der Waals surface area contributed by atoms with E-state index < -0.39 is 0 Å². The monoisotopic (exact) mass is 592 g/mol. The highest BCUT2D eigenvalue weighted by Gasteiger charge is 2.20. The second kappa shape index (κ2) is 18.1. The predicted octanol–water partition coefficient (Wildman–Crippen LogP) is 4.66. The van der Waals surface area contributed by atoms with Crippen molar-refractivity contribution in [3.8, 4) is 11.5 Å². The van der Waals surface area contributed by atoms with Crippen molar-refractivity contribution in [1.29, 1.82) is 0 Å². The Morgan fingerprint density at radius 2 is 1.55 bits per heavy atom. The molecule has 0 aromatic heterocycles. The van der Waals surface area contributed by atoms with Gasteiger partial charge in [0.05, 0.1) is 31.6 Å². The minimum atomic E-state index is -0.355. The lowest BCUT2D eigenvalue weighted by Crippen LogP contribution is -2.27. The van der Waals surface area contributed by atoms with Crippen LogP contribution in [-0.4, -0.2) is 52.3 Å². The molecule has 9 nitrogen and oxygen atoms in total. The molecule has 3 aromatic rings. The number of amides is 2. The summed E-state index contributed by atoms with van der Waals surface area (Å²) in [4.78, 5) is 28.0. The molecule has 11 heteroatoms. The molecule has 2 amide bonds. The Morgan fingerprint density at radius 3 is 2.27 bits per heavy atom. The molecule has 0 spiro atoms. The summed E-state index contributed by atoms with van der Waals surface area (Å²) in [6, 6.07) is 19.5. The Morgan fingerprint density at radius 1 is 0.875 bits per heavy atom. The second-order valence-corrected chi connectivity index (χ2v) is 8.54. The predicted molar refractivity (Wildman–Crippen MR) is 164 cm³/mol. The zero-order valence-electron chi connectivity index (χ0n) is 22.8. The molecule has 0 aliphatic rings. The number of carbonyl (C=O) groups excluding carboxylic acids is 2. The van der Waals surface area contributed by atoms with Crippen LogP contribution in [0.1, 0.15) is 39.1 Å². The Labute approximate surface area is 248 Å². The van der Waals surface area contributed by atoms with E-state index in [9.17, 15) is 9.59 Å².